The maximum Gasteiger partial charge on any atom is 0.243 e. The molecular weight excluding hydrogens is 422 g/mol. The standard InChI is InChI=1S/C20H27N5O5S/c1-14(26)21-12-19(27)22-16-5-3-15(4-6-16)20-23-17(13-31(2,28)29)11-18(24-20)25-7-9-30-10-8-25/h3-6,11,28-29H,7-10,12-13H2,1-2H3,(H,21,26)(H,22,27). The lowest BCUT2D eigenvalue weighted by molar-refractivity contribution is -0.122. The number of rotatable bonds is 7. The van der Waals surface area contributed by atoms with Gasteiger partial charge in [0.1, 0.15) is 5.82 Å². The van der Waals surface area contributed by atoms with Crippen molar-refractivity contribution < 1.29 is 23.4 Å². The van der Waals surface area contributed by atoms with E-state index >= 15 is 0 Å². The molecule has 31 heavy (non-hydrogen) atoms. The Morgan fingerprint density at radius 3 is 2.45 bits per heavy atom. The van der Waals surface area contributed by atoms with E-state index in [1.54, 1.807) is 30.3 Å². The van der Waals surface area contributed by atoms with E-state index in [9.17, 15) is 18.7 Å². The molecule has 0 aliphatic carbocycles. The van der Waals surface area contributed by atoms with Crippen LogP contribution in [0.5, 0.6) is 0 Å². The first kappa shape index (κ1) is 22.9. The summed E-state index contributed by atoms with van der Waals surface area (Å²) in [5.74, 6) is 0.599. The number of amides is 2. The Morgan fingerprint density at radius 1 is 1.16 bits per heavy atom. The van der Waals surface area contributed by atoms with Gasteiger partial charge in [0.15, 0.2) is 5.82 Å². The van der Waals surface area contributed by atoms with E-state index in [2.05, 4.69) is 25.5 Å². The number of nitrogens with one attached hydrogen (secondary N) is 2. The minimum Gasteiger partial charge on any atom is -0.378 e. The smallest absolute Gasteiger partial charge is 0.243 e. The van der Waals surface area contributed by atoms with Crippen molar-refractivity contribution in [2.75, 3.05) is 49.3 Å². The molecule has 0 bridgehead atoms. The van der Waals surface area contributed by atoms with Crippen LogP contribution in [0.2, 0.25) is 0 Å². The fraction of sp³-hybridized carbons (Fsp3) is 0.400. The van der Waals surface area contributed by atoms with Crippen LogP contribution in [0.4, 0.5) is 11.5 Å². The first-order valence-electron chi connectivity index (χ1n) is 9.76. The molecule has 0 saturated carbocycles. The monoisotopic (exact) mass is 449 g/mol. The van der Waals surface area contributed by atoms with Crippen molar-refractivity contribution in [3.8, 4) is 11.4 Å². The van der Waals surface area contributed by atoms with Gasteiger partial charge >= 0.3 is 0 Å². The summed E-state index contributed by atoms with van der Waals surface area (Å²) in [4.78, 5) is 34.0. The summed E-state index contributed by atoms with van der Waals surface area (Å²) in [5.41, 5.74) is 1.84. The highest BCUT2D eigenvalue weighted by atomic mass is 32.3. The predicted octanol–water partition coefficient (Wildman–Crippen LogP) is 1.94. The molecule has 1 aliphatic heterocycles. The van der Waals surface area contributed by atoms with Crippen LogP contribution in [-0.4, -0.2) is 70.0 Å². The lowest BCUT2D eigenvalue weighted by atomic mass is 10.2. The Labute approximate surface area is 182 Å². The van der Waals surface area contributed by atoms with Gasteiger partial charge in [0, 0.05) is 43.6 Å². The summed E-state index contributed by atoms with van der Waals surface area (Å²) < 4.78 is 25.2. The molecule has 1 fully saturated rings. The fourth-order valence-electron chi connectivity index (χ4n) is 3.03. The SMILES string of the molecule is CC(=O)NCC(=O)Nc1ccc(-c2nc(CS(C)(O)O)cc(N3CCOCC3)n2)cc1. The van der Waals surface area contributed by atoms with Crippen LogP contribution in [0.1, 0.15) is 12.6 Å². The highest BCUT2D eigenvalue weighted by Crippen LogP contribution is 2.38. The van der Waals surface area contributed by atoms with E-state index in [1.165, 1.54) is 13.2 Å². The largest absolute Gasteiger partial charge is 0.378 e. The zero-order valence-corrected chi connectivity index (χ0v) is 18.3. The van der Waals surface area contributed by atoms with Crippen LogP contribution in [0.3, 0.4) is 0 Å². The second kappa shape index (κ2) is 10.1. The molecule has 1 aliphatic rings. The number of nitrogens with zero attached hydrogens (tertiary/aromatic N) is 3. The Kier molecular flexibility index (Phi) is 7.44. The van der Waals surface area contributed by atoms with E-state index in [0.717, 1.165) is 5.56 Å². The van der Waals surface area contributed by atoms with E-state index in [4.69, 9.17) is 4.74 Å². The summed E-state index contributed by atoms with van der Waals surface area (Å²) >= 11 is 0. The van der Waals surface area contributed by atoms with Crippen LogP contribution in [-0.2, 0) is 20.1 Å². The topological polar surface area (TPSA) is 137 Å². The van der Waals surface area contributed by atoms with Gasteiger partial charge in [-0.2, -0.15) is 10.6 Å². The molecule has 2 aromatic rings. The molecular formula is C20H27N5O5S. The predicted molar refractivity (Wildman–Crippen MR) is 120 cm³/mol. The van der Waals surface area contributed by atoms with E-state index < -0.39 is 10.6 Å². The minimum absolute atomic E-state index is 0.0388. The normalized spacial score (nSPS) is 14.8. The Bertz CT molecular complexity index is 927. The van der Waals surface area contributed by atoms with Crippen LogP contribution >= 0.6 is 10.6 Å². The summed E-state index contributed by atoms with van der Waals surface area (Å²) in [5, 5.41) is 5.14. The van der Waals surface area contributed by atoms with Crippen molar-refractivity contribution in [3.05, 3.63) is 36.0 Å². The molecule has 11 heteroatoms. The van der Waals surface area contributed by atoms with Crippen molar-refractivity contribution in [1.29, 1.82) is 0 Å². The van der Waals surface area contributed by atoms with Gasteiger partial charge in [-0.05, 0) is 24.3 Å². The van der Waals surface area contributed by atoms with Gasteiger partial charge in [-0.1, -0.05) is 0 Å². The zero-order valence-electron chi connectivity index (χ0n) is 17.5. The van der Waals surface area contributed by atoms with E-state index in [1.807, 2.05) is 0 Å². The number of benzene rings is 1. The molecule has 10 nitrogen and oxygen atoms in total. The number of anilines is 2. The highest BCUT2D eigenvalue weighted by Gasteiger charge is 2.18. The van der Waals surface area contributed by atoms with Gasteiger partial charge in [-0.3, -0.25) is 18.7 Å². The highest BCUT2D eigenvalue weighted by molar-refractivity contribution is 8.23. The molecule has 3 rings (SSSR count). The molecule has 1 aromatic carbocycles. The number of hydrogen-bond donors (Lipinski definition) is 4. The Hall–Kier alpha value is -2.73. The van der Waals surface area contributed by atoms with Crippen molar-refractivity contribution in [2.45, 2.75) is 12.7 Å². The van der Waals surface area contributed by atoms with Crippen LogP contribution in [0, 0.1) is 0 Å². The average Bonchev–Trinajstić information content (AvgIpc) is 2.72. The third kappa shape index (κ3) is 7.17. The van der Waals surface area contributed by atoms with E-state index in [-0.39, 0.29) is 24.1 Å². The first-order chi connectivity index (χ1) is 14.7. The number of carbonyl (C=O) groups excluding carboxylic acids is 2. The molecule has 1 aromatic heterocycles. The average molecular weight is 450 g/mol. The molecule has 168 valence electrons. The van der Waals surface area contributed by atoms with Gasteiger partial charge in [0.05, 0.1) is 31.2 Å². The maximum atomic E-state index is 11.9. The number of carbonyl (C=O) groups is 2. The summed E-state index contributed by atoms with van der Waals surface area (Å²) in [6.45, 7) is 3.83. The molecule has 0 atom stereocenters. The maximum absolute atomic E-state index is 11.9. The van der Waals surface area contributed by atoms with Gasteiger partial charge < -0.3 is 20.3 Å². The fourth-order valence-corrected chi connectivity index (χ4v) is 3.74. The van der Waals surface area contributed by atoms with Gasteiger partial charge in [0.25, 0.3) is 0 Å². The number of ether oxygens (including phenoxy) is 1. The lowest BCUT2D eigenvalue weighted by Crippen LogP contribution is -2.37. The molecule has 2 heterocycles. The van der Waals surface area contributed by atoms with Gasteiger partial charge in [-0.15, -0.1) is 0 Å². The molecule has 4 N–H and O–H groups in total. The summed E-state index contributed by atoms with van der Waals surface area (Å²) in [6.07, 6.45) is 1.39. The van der Waals surface area contributed by atoms with Crippen molar-refractivity contribution >= 4 is 33.9 Å². The van der Waals surface area contributed by atoms with Gasteiger partial charge in [-0.25, -0.2) is 9.97 Å². The van der Waals surface area contributed by atoms with Crippen molar-refractivity contribution in [1.82, 2.24) is 15.3 Å². The molecule has 0 spiro atoms. The summed E-state index contributed by atoms with van der Waals surface area (Å²) in [6, 6.07) is 8.78. The lowest BCUT2D eigenvalue weighted by Gasteiger charge is -2.30. The quantitative estimate of drug-likeness (QED) is 0.503. The van der Waals surface area contributed by atoms with Crippen molar-refractivity contribution in [3.63, 3.8) is 0 Å². The minimum atomic E-state index is -2.77. The van der Waals surface area contributed by atoms with Crippen LogP contribution in [0.25, 0.3) is 11.4 Å². The van der Waals surface area contributed by atoms with Crippen molar-refractivity contribution in [2.24, 2.45) is 0 Å². The second-order valence-corrected chi connectivity index (χ2v) is 9.59. The first-order valence-corrected chi connectivity index (χ1v) is 11.9. The van der Waals surface area contributed by atoms with Crippen LogP contribution < -0.4 is 15.5 Å². The number of morpholine rings is 1. The number of aromatic nitrogens is 2. The number of hydrogen-bond acceptors (Lipinski definition) is 8. The second-order valence-electron chi connectivity index (χ2n) is 7.31. The van der Waals surface area contributed by atoms with Gasteiger partial charge in [0.2, 0.25) is 11.8 Å². The third-order valence-corrected chi connectivity index (χ3v) is 5.29. The Balaban J connectivity index is 1.82. The zero-order chi connectivity index (χ0) is 22.4. The third-order valence-electron chi connectivity index (χ3n) is 4.45. The molecule has 0 unspecified atom stereocenters. The summed E-state index contributed by atoms with van der Waals surface area (Å²) in [7, 11) is -2.77. The van der Waals surface area contributed by atoms with E-state index in [0.29, 0.717) is 49.3 Å². The molecule has 0 radical (unpaired) electrons. The Morgan fingerprint density at radius 2 is 1.84 bits per heavy atom. The van der Waals surface area contributed by atoms with Crippen LogP contribution in [0.15, 0.2) is 30.3 Å². The molecule has 1 saturated heterocycles. The molecule has 2 amide bonds.